The molecule has 20 heteroatoms. The summed E-state index contributed by atoms with van der Waals surface area (Å²) in [6.45, 7) is 28.1. The molecule has 0 heterocycles. The molecule has 0 radical (unpaired) electrons. The molecule has 0 saturated carbocycles. The molecule has 8 rings (SSSR count). The molecule has 0 aliphatic rings. The van der Waals surface area contributed by atoms with Crippen LogP contribution in [-0.4, -0.2) is 44.0 Å². The Kier molecular flexibility index (Phi) is 37.8. The fraction of sp³-hybridized carbons (Fsp3) is 0.194. The third-order valence-corrected chi connectivity index (χ3v) is 38.8. The summed E-state index contributed by atoms with van der Waals surface area (Å²) in [5.41, 5.74) is 8.84. The van der Waals surface area contributed by atoms with Gasteiger partial charge in [-0.25, -0.2) is 0 Å². The van der Waals surface area contributed by atoms with E-state index in [0.29, 0.717) is 0 Å². The van der Waals surface area contributed by atoms with Crippen LogP contribution in [0.3, 0.4) is 0 Å². The Morgan fingerprint density at radius 3 is 0.537 bits per heavy atom. The molecule has 8 aromatic rings. The van der Waals surface area contributed by atoms with Crippen LogP contribution >= 0.6 is 28.2 Å². The van der Waals surface area contributed by atoms with Crippen molar-refractivity contribution in [3.05, 3.63) is 252 Å². The molecule has 0 bridgehead atoms. The molecule has 0 aliphatic carbocycles. The van der Waals surface area contributed by atoms with Crippen LogP contribution < -0.4 is 76.4 Å². The smallest absolute Gasteiger partial charge is 1.00 e. The molecule has 0 saturated heterocycles. The van der Waals surface area contributed by atoms with Crippen molar-refractivity contribution in [1.29, 1.82) is 0 Å². The molecule has 0 spiro atoms. The second kappa shape index (κ2) is 37.0. The minimum atomic E-state index is -2.45. The molecule has 0 N–H and O–H groups in total. The van der Waals surface area contributed by atoms with E-state index < -0.39 is 61.1 Å². The van der Waals surface area contributed by atoms with Crippen molar-refractivity contribution < 1.29 is 136 Å². The topological polar surface area (TPSA) is 52.9 Å². The fourth-order valence-corrected chi connectivity index (χ4v) is 42.5. The second-order valence-electron chi connectivity index (χ2n) is 22.5. The summed E-state index contributed by atoms with van der Waals surface area (Å²) >= 11 is 0. The second-order valence-corrected chi connectivity index (χ2v) is 53.9. The standard InChI is InChI=1S/2C31H38N2P2Si2.2BrH.6Cu/c2*1-36(2,3)32-34(28-19-11-7-12-20-28,29-21-13-8-14-22-29)27-35(33-37(4,5)6,30-23-15-9-16-24-30)31-25-17-10-18-26-31;;;;;;;;/h2*7-26H,1-6H3;2*1H;;;;;;/q2*-2;;;6*+1/p-2. The van der Waals surface area contributed by atoms with Crippen LogP contribution in [0.15, 0.2) is 251 Å². The van der Waals surface area contributed by atoms with Crippen LogP contribution in [0, 0.1) is 0 Å². The van der Waals surface area contributed by atoms with Gasteiger partial charge in [-0.2, -0.15) is 0 Å². The average molecular weight is 1650 g/mol. The number of halogens is 2. The Bertz CT molecular complexity index is 2910. The first-order valence-electron chi connectivity index (χ1n) is 25.7. The van der Waals surface area contributed by atoms with E-state index in [2.05, 4.69) is 332 Å². The van der Waals surface area contributed by atoms with E-state index in [0.717, 1.165) is 0 Å². The molecule has 0 aliphatic heterocycles. The zero-order valence-electron chi connectivity index (χ0n) is 48.2. The number of nitrogens with zero attached hydrogens (tertiary/aromatic N) is 4. The van der Waals surface area contributed by atoms with Gasteiger partial charge in [0.2, 0.25) is 0 Å². The van der Waals surface area contributed by atoms with Crippen LogP contribution in [0.2, 0.25) is 78.6 Å². The summed E-state index contributed by atoms with van der Waals surface area (Å²) in [6, 6.07) is 87.3. The van der Waals surface area contributed by atoms with E-state index in [1.165, 1.54) is 42.4 Å². The summed E-state index contributed by atoms with van der Waals surface area (Å²) in [5.74, 6) is 0. The van der Waals surface area contributed by atoms with Gasteiger partial charge < -0.3 is 77.4 Å². The quantitative estimate of drug-likeness (QED) is 0.0526. The number of hydrogen-bond acceptors (Lipinski definition) is 2. The summed E-state index contributed by atoms with van der Waals surface area (Å²) in [6.07, 6.45) is 0. The van der Waals surface area contributed by atoms with Gasteiger partial charge in [0.05, 0.1) is 0 Å². The average Bonchev–Trinajstić information content (AvgIpc) is 3.38. The molecule has 460 valence electrons. The predicted octanol–water partition coefficient (Wildman–Crippen LogP) is 10.2. The zero-order chi connectivity index (χ0) is 53.1. The minimum absolute atomic E-state index is 0. The number of hydrogen-bond donors (Lipinski definition) is 0. The normalized spacial score (nSPS) is 11.5. The largest absolute Gasteiger partial charge is 1.00 e. The molecule has 82 heavy (non-hydrogen) atoms. The maximum absolute atomic E-state index is 5.87. The Labute approximate surface area is 583 Å². The molecular weight excluding hydrogens is 1580 g/mol. The third kappa shape index (κ3) is 22.6. The zero-order valence-corrected chi connectivity index (χ0v) is 64.6. The van der Waals surface area contributed by atoms with Gasteiger partial charge in [0.1, 0.15) is 0 Å². The summed E-state index contributed by atoms with van der Waals surface area (Å²) < 4.78 is 23.5. The maximum atomic E-state index is 5.87. The molecule has 8 aromatic carbocycles. The first-order valence-corrected chi connectivity index (χ1v) is 46.4. The van der Waals surface area contributed by atoms with Crippen LogP contribution in [0.1, 0.15) is 0 Å². The van der Waals surface area contributed by atoms with Crippen molar-refractivity contribution in [2.24, 2.45) is 8.82 Å². The molecule has 0 amide bonds. The van der Waals surface area contributed by atoms with Crippen molar-refractivity contribution >= 4 is 115 Å². The first kappa shape index (κ1) is 83.7. The molecule has 0 aromatic heterocycles. The Morgan fingerprint density at radius 1 is 0.256 bits per heavy atom. The van der Waals surface area contributed by atoms with Crippen LogP contribution in [-0.2, 0) is 102 Å². The van der Waals surface area contributed by atoms with Crippen LogP contribution in [0.5, 0.6) is 0 Å². The van der Waals surface area contributed by atoms with E-state index in [-0.39, 0.29) is 136 Å². The van der Waals surface area contributed by atoms with Gasteiger partial charge in [-0.1, -0.05) is 359 Å². The Hall–Kier alpha value is -0.316. The SMILES string of the molecule is C[Si](C)(C)N=P([C-]=P([N-][Si](C)(C)C)(c1ccccc1)c1ccccc1)(c1ccccc1)c1ccccc1.C[Si](C)(C)N=P([C-]=P([N-][Si](C)(C)C)(c1ccccc1)c1ccccc1)(c1ccccc1)c1ccccc1.[Br-].[Br-].[Cu+].[Cu+].[Cu+].[Cu+].[Cu+].[Cu+]. The van der Waals surface area contributed by atoms with E-state index in [1.807, 2.05) is 0 Å². The molecule has 0 unspecified atom stereocenters. The Balaban J connectivity index is 0. The summed E-state index contributed by atoms with van der Waals surface area (Å²) in [4.78, 5) is 0. The monoisotopic (exact) mass is 1650 g/mol. The van der Waals surface area contributed by atoms with Gasteiger partial charge in [-0.05, 0) is 21.2 Å². The van der Waals surface area contributed by atoms with Crippen molar-refractivity contribution in [2.45, 2.75) is 78.6 Å². The number of rotatable bonds is 16. The summed E-state index contributed by atoms with van der Waals surface area (Å²) in [7, 11) is -17.5. The maximum Gasteiger partial charge on any atom is 1.00 e. The number of benzene rings is 8. The van der Waals surface area contributed by atoms with Crippen LogP contribution in [0.4, 0.5) is 0 Å². The predicted molar refractivity (Wildman–Crippen MR) is 351 cm³/mol. The van der Waals surface area contributed by atoms with Gasteiger partial charge in [-0.15, -0.1) is 14.1 Å². The van der Waals surface area contributed by atoms with Gasteiger partial charge in [-0.3, -0.25) is 0 Å². The van der Waals surface area contributed by atoms with Crippen molar-refractivity contribution in [2.75, 3.05) is 0 Å². The van der Waals surface area contributed by atoms with Crippen LogP contribution in [0.25, 0.3) is 9.51 Å². The Morgan fingerprint density at radius 2 is 0.402 bits per heavy atom. The summed E-state index contributed by atoms with van der Waals surface area (Å²) in [5, 5.41) is 10.0. The van der Waals surface area contributed by atoms with E-state index in [1.54, 1.807) is 0 Å². The molecule has 0 atom stereocenters. The van der Waals surface area contributed by atoms with E-state index >= 15 is 0 Å². The van der Waals surface area contributed by atoms with Gasteiger partial charge in [0, 0.05) is 0 Å². The molecular formula is C62H76Br2Cu6N4P4Si4. The van der Waals surface area contributed by atoms with Crippen molar-refractivity contribution in [3.8, 4) is 0 Å². The molecule has 0 fully saturated rings. The van der Waals surface area contributed by atoms with E-state index in [4.69, 9.17) is 18.3 Å². The van der Waals surface area contributed by atoms with Gasteiger partial charge >= 0.3 is 102 Å². The molecule has 4 nitrogen and oxygen atoms in total. The van der Waals surface area contributed by atoms with E-state index in [9.17, 15) is 0 Å². The van der Waals surface area contributed by atoms with Crippen molar-refractivity contribution in [1.82, 2.24) is 0 Å². The van der Waals surface area contributed by atoms with Gasteiger partial charge in [0.25, 0.3) is 0 Å². The third-order valence-electron chi connectivity index (χ3n) is 11.4. The van der Waals surface area contributed by atoms with Gasteiger partial charge in [0.15, 0.2) is 16.5 Å². The first-order chi connectivity index (χ1) is 35.1. The minimum Gasteiger partial charge on any atom is -1.00 e. The van der Waals surface area contributed by atoms with Crippen molar-refractivity contribution in [3.63, 3.8) is 0 Å². The fourth-order valence-electron chi connectivity index (χ4n) is 8.98.